The normalized spacial score (nSPS) is 11.2. The van der Waals surface area contributed by atoms with Crippen molar-refractivity contribution in [3.8, 4) is 5.75 Å². The van der Waals surface area contributed by atoms with Gasteiger partial charge in [-0.05, 0) is 24.3 Å². The van der Waals surface area contributed by atoms with Crippen LogP contribution in [0.1, 0.15) is 0 Å². The van der Waals surface area contributed by atoms with Crippen LogP contribution >= 0.6 is 23.2 Å². The molecule has 0 fully saturated rings. The molecule has 0 N–H and O–H groups in total. The van der Waals surface area contributed by atoms with Gasteiger partial charge in [-0.3, -0.25) is 10.1 Å². The van der Waals surface area contributed by atoms with E-state index in [1.807, 2.05) is 0 Å². The number of nitrogens with zero attached hydrogens (tertiary/aromatic N) is 1. The molecule has 6 nitrogen and oxygen atoms in total. The van der Waals surface area contributed by atoms with Gasteiger partial charge in [0.2, 0.25) is 0 Å². The fourth-order valence-electron chi connectivity index (χ4n) is 1.47. The number of nitro benzene ring substituents is 1. The molecule has 2 rings (SSSR count). The molecule has 0 atom stereocenters. The molecular weight excluding hydrogens is 360 g/mol. The van der Waals surface area contributed by atoms with Crippen LogP contribution < -0.4 is 4.18 Å². The Morgan fingerprint density at radius 1 is 1.09 bits per heavy atom. The van der Waals surface area contributed by atoms with Crippen LogP contribution in [0.4, 0.5) is 10.1 Å². The van der Waals surface area contributed by atoms with Crippen molar-refractivity contribution in [2.24, 2.45) is 0 Å². The van der Waals surface area contributed by atoms with Gasteiger partial charge in [0, 0.05) is 12.1 Å². The molecule has 10 heteroatoms. The molecule has 0 aliphatic heterocycles. The lowest BCUT2D eigenvalue weighted by molar-refractivity contribution is -0.384. The molecule has 0 heterocycles. The first kappa shape index (κ1) is 16.5. The summed E-state index contributed by atoms with van der Waals surface area (Å²) in [5, 5.41) is 9.93. The van der Waals surface area contributed by atoms with E-state index >= 15 is 0 Å². The van der Waals surface area contributed by atoms with E-state index < -0.39 is 20.9 Å². The SMILES string of the molecule is O=[N+]([O-])c1ccc(OS(=O)(=O)c2ccc(F)c(Cl)c2)c(Cl)c1. The van der Waals surface area contributed by atoms with Crippen LogP contribution in [0.2, 0.25) is 10.0 Å². The Morgan fingerprint density at radius 3 is 2.32 bits per heavy atom. The van der Waals surface area contributed by atoms with Gasteiger partial charge in [0.1, 0.15) is 10.7 Å². The Balaban J connectivity index is 2.36. The number of benzene rings is 2. The van der Waals surface area contributed by atoms with Gasteiger partial charge in [-0.15, -0.1) is 0 Å². The standard InChI is InChI=1S/C12H6Cl2FNO5S/c13-9-6-8(2-3-11(9)15)22(19,20)21-12-4-1-7(16(17)18)5-10(12)14/h1-6H. The van der Waals surface area contributed by atoms with Crippen molar-refractivity contribution < 1.29 is 21.9 Å². The number of hydrogen-bond donors (Lipinski definition) is 0. The molecule has 0 spiro atoms. The lowest BCUT2D eigenvalue weighted by atomic mass is 10.3. The highest BCUT2D eigenvalue weighted by atomic mass is 35.5. The van der Waals surface area contributed by atoms with Gasteiger partial charge in [0.25, 0.3) is 5.69 Å². The number of non-ortho nitro benzene ring substituents is 1. The van der Waals surface area contributed by atoms with Gasteiger partial charge in [-0.2, -0.15) is 8.42 Å². The first-order valence-electron chi connectivity index (χ1n) is 5.54. The highest BCUT2D eigenvalue weighted by molar-refractivity contribution is 7.87. The fraction of sp³-hybridized carbons (Fsp3) is 0. The summed E-state index contributed by atoms with van der Waals surface area (Å²) in [5.41, 5.74) is -0.320. The monoisotopic (exact) mass is 365 g/mol. The first-order chi connectivity index (χ1) is 10.2. The van der Waals surface area contributed by atoms with Crippen LogP contribution in [-0.2, 0) is 10.1 Å². The predicted octanol–water partition coefficient (Wildman–Crippen LogP) is 3.81. The zero-order valence-electron chi connectivity index (χ0n) is 10.5. The molecule has 0 aromatic heterocycles. The number of rotatable bonds is 4. The molecule has 0 aliphatic rings. The second kappa shape index (κ2) is 6.07. The molecule has 2 aromatic rings. The zero-order valence-corrected chi connectivity index (χ0v) is 12.8. The van der Waals surface area contributed by atoms with Gasteiger partial charge in [-0.25, -0.2) is 4.39 Å². The summed E-state index contributed by atoms with van der Waals surface area (Å²) in [5.74, 6) is -1.08. The zero-order chi connectivity index (χ0) is 16.5. The summed E-state index contributed by atoms with van der Waals surface area (Å²) < 4.78 is 41.9. The van der Waals surface area contributed by atoms with Crippen LogP contribution in [0, 0.1) is 15.9 Å². The number of hydrogen-bond acceptors (Lipinski definition) is 5. The second-order valence-electron chi connectivity index (χ2n) is 3.99. The molecule has 0 amide bonds. The summed E-state index contributed by atoms with van der Waals surface area (Å²) in [4.78, 5) is 9.51. The van der Waals surface area contributed by atoms with Crippen LogP contribution in [0.15, 0.2) is 41.3 Å². The third-order valence-electron chi connectivity index (χ3n) is 2.51. The molecule has 0 aliphatic carbocycles. The maximum absolute atomic E-state index is 13.0. The van der Waals surface area contributed by atoms with Crippen LogP contribution in [-0.4, -0.2) is 13.3 Å². The Hall–Kier alpha value is -1.90. The Morgan fingerprint density at radius 2 is 1.77 bits per heavy atom. The van der Waals surface area contributed by atoms with E-state index in [-0.39, 0.29) is 26.4 Å². The lowest BCUT2D eigenvalue weighted by Crippen LogP contribution is -2.10. The summed E-state index contributed by atoms with van der Waals surface area (Å²) in [6, 6.07) is 5.75. The van der Waals surface area contributed by atoms with E-state index in [1.54, 1.807) is 0 Å². The van der Waals surface area contributed by atoms with Crippen molar-refractivity contribution in [2.45, 2.75) is 4.90 Å². The lowest BCUT2D eigenvalue weighted by Gasteiger charge is -2.08. The molecule has 0 radical (unpaired) electrons. The molecule has 2 aromatic carbocycles. The maximum atomic E-state index is 13.0. The van der Waals surface area contributed by atoms with E-state index in [2.05, 4.69) is 0 Å². The molecule has 0 bridgehead atoms. The third kappa shape index (κ3) is 3.46. The Bertz CT molecular complexity index is 857. The van der Waals surface area contributed by atoms with Crippen molar-refractivity contribution in [3.05, 3.63) is 62.4 Å². The van der Waals surface area contributed by atoms with Gasteiger partial charge in [-0.1, -0.05) is 23.2 Å². The average Bonchev–Trinajstić information content (AvgIpc) is 2.43. The van der Waals surface area contributed by atoms with E-state index in [4.69, 9.17) is 27.4 Å². The largest absolute Gasteiger partial charge is 0.377 e. The topological polar surface area (TPSA) is 86.5 Å². The van der Waals surface area contributed by atoms with Crippen molar-refractivity contribution in [1.29, 1.82) is 0 Å². The summed E-state index contributed by atoms with van der Waals surface area (Å²) >= 11 is 11.3. The molecule has 0 unspecified atom stereocenters. The fourth-order valence-corrected chi connectivity index (χ4v) is 2.95. The van der Waals surface area contributed by atoms with Crippen LogP contribution in [0.3, 0.4) is 0 Å². The molecule has 116 valence electrons. The quantitative estimate of drug-likeness (QED) is 0.467. The van der Waals surface area contributed by atoms with Gasteiger partial charge >= 0.3 is 10.1 Å². The van der Waals surface area contributed by atoms with Crippen molar-refractivity contribution >= 4 is 39.0 Å². The van der Waals surface area contributed by atoms with Gasteiger partial charge in [0.05, 0.1) is 15.0 Å². The molecule has 0 saturated carbocycles. The van der Waals surface area contributed by atoms with E-state index in [0.717, 1.165) is 36.4 Å². The Kier molecular flexibility index (Phi) is 4.55. The predicted molar refractivity (Wildman–Crippen MR) is 77.3 cm³/mol. The van der Waals surface area contributed by atoms with Gasteiger partial charge in [0.15, 0.2) is 5.75 Å². The number of nitro groups is 1. The van der Waals surface area contributed by atoms with Crippen LogP contribution in [0.25, 0.3) is 0 Å². The minimum absolute atomic E-state index is 0.258. The minimum Gasteiger partial charge on any atom is -0.377 e. The molecule has 22 heavy (non-hydrogen) atoms. The van der Waals surface area contributed by atoms with Crippen molar-refractivity contribution in [2.75, 3.05) is 0 Å². The van der Waals surface area contributed by atoms with E-state index in [9.17, 15) is 22.9 Å². The van der Waals surface area contributed by atoms with E-state index in [0.29, 0.717) is 0 Å². The molecular formula is C12H6Cl2FNO5S. The summed E-state index contributed by atoms with van der Waals surface area (Å²) in [6.07, 6.45) is 0. The first-order valence-corrected chi connectivity index (χ1v) is 7.70. The highest BCUT2D eigenvalue weighted by Gasteiger charge is 2.21. The minimum atomic E-state index is -4.31. The average molecular weight is 366 g/mol. The maximum Gasteiger partial charge on any atom is 0.339 e. The highest BCUT2D eigenvalue weighted by Crippen LogP contribution is 2.31. The second-order valence-corrected chi connectivity index (χ2v) is 6.35. The van der Waals surface area contributed by atoms with E-state index in [1.165, 1.54) is 0 Å². The van der Waals surface area contributed by atoms with Crippen molar-refractivity contribution in [3.63, 3.8) is 0 Å². The van der Waals surface area contributed by atoms with Crippen LogP contribution in [0.5, 0.6) is 5.75 Å². The number of halogens is 3. The molecule has 0 saturated heterocycles. The Labute approximate surface area is 134 Å². The summed E-state index contributed by atoms with van der Waals surface area (Å²) in [7, 11) is -4.31. The van der Waals surface area contributed by atoms with Gasteiger partial charge < -0.3 is 4.18 Å². The third-order valence-corrected chi connectivity index (χ3v) is 4.32. The summed E-state index contributed by atoms with van der Waals surface area (Å²) in [6.45, 7) is 0. The smallest absolute Gasteiger partial charge is 0.339 e. The van der Waals surface area contributed by atoms with Crippen molar-refractivity contribution in [1.82, 2.24) is 0 Å².